The summed E-state index contributed by atoms with van der Waals surface area (Å²) in [5, 5.41) is 5.31. The minimum atomic E-state index is -0.475. The molecule has 0 aliphatic heterocycles. The topological polar surface area (TPSA) is 80.6 Å². The number of pyridine rings is 1. The Hall–Kier alpha value is -2.54. The van der Waals surface area contributed by atoms with E-state index in [1.54, 1.807) is 17.0 Å². The number of aryl methyl sites for hydroxylation is 2. The molecule has 0 bridgehead atoms. The number of Topliss-reactive ketones (excluding diaryl/α,β-unsaturated/α-hetero) is 1. The molecule has 0 aromatic carbocycles. The first-order chi connectivity index (χ1) is 11.6. The Labute approximate surface area is 148 Å². The Kier molecular flexibility index (Phi) is 4.20. The van der Waals surface area contributed by atoms with Gasteiger partial charge in [-0.25, -0.2) is 4.98 Å². The lowest BCUT2D eigenvalue weighted by molar-refractivity contribution is -0.119. The number of nitrogens with zero attached hydrogens (tertiary/aromatic N) is 3. The Morgan fingerprint density at radius 1 is 1.36 bits per heavy atom. The highest BCUT2D eigenvalue weighted by molar-refractivity contribution is 7.07. The second-order valence-electron chi connectivity index (χ2n) is 7.04. The van der Waals surface area contributed by atoms with Crippen LogP contribution in [0.25, 0.3) is 23.2 Å². The molecule has 6 nitrogen and oxygen atoms in total. The van der Waals surface area contributed by atoms with Gasteiger partial charge in [0.25, 0.3) is 5.56 Å². The summed E-state index contributed by atoms with van der Waals surface area (Å²) in [4.78, 5) is 31.4. The van der Waals surface area contributed by atoms with Crippen LogP contribution in [0, 0.1) is 12.3 Å². The van der Waals surface area contributed by atoms with E-state index in [9.17, 15) is 9.59 Å². The fourth-order valence-corrected chi connectivity index (χ4v) is 3.30. The van der Waals surface area contributed by atoms with Crippen molar-refractivity contribution in [1.82, 2.24) is 19.7 Å². The quantitative estimate of drug-likeness (QED) is 0.749. The molecule has 1 N–H and O–H groups in total. The van der Waals surface area contributed by atoms with E-state index in [-0.39, 0.29) is 11.3 Å². The van der Waals surface area contributed by atoms with Crippen molar-refractivity contribution in [2.75, 3.05) is 0 Å². The summed E-state index contributed by atoms with van der Waals surface area (Å²) in [6.45, 7) is 7.47. The summed E-state index contributed by atoms with van der Waals surface area (Å²) in [5.74, 6) is -0.0226. The molecule has 0 atom stereocenters. The first kappa shape index (κ1) is 17.3. The highest BCUT2D eigenvalue weighted by Gasteiger charge is 2.18. The second kappa shape index (κ2) is 6.07. The van der Waals surface area contributed by atoms with Crippen molar-refractivity contribution in [2.45, 2.75) is 27.7 Å². The number of hydrogen-bond donors (Lipinski definition) is 1. The number of hydrogen-bond acceptors (Lipinski definition) is 5. The standard InChI is InChI=1S/C18H20N4O2S/c1-10-12-6-11(9-19-16(12)22(5)21-10)7-13-17(24)20-15(25-13)8-14(23)18(2,3)4/h6-9H,1-5H3,(H,20,24). The van der Waals surface area contributed by atoms with Crippen LogP contribution in [-0.2, 0) is 11.8 Å². The van der Waals surface area contributed by atoms with Gasteiger partial charge in [-0.2, -0.15) is 5.10 Å². The first-order valence-electron chi connectivity index (χ1n) is 7.91. The molecule has 7 heteroatoms. The van der Waals surface area contributed by atoms with Gasteiger partial charge in [0.2, 0.25) is 0 Å². The number of carbonyl (C=O) groups excluding carboxylic acids is 1. The lowest BCUT2D eigenvalue weighted by Gasteiger charge is -2.12. The Bertz CT molecular complexity index is 1140. The lowest BCUT2D eigenvalue weighted by atomic mass is 9.91. The fraction of sp³-hybridized carbons (Fsp3) is 0.333. The predicted molar refractivity (Wildman–Crippen MR) is 99.9 cm³/mol. The van der Waals surface area contributed by atoms with Crippen LogP contribution in [-0.4, -0.2) is 25.5 Å². The number of carbonyl (C=O) groups is 1. The summed E-state index contributed by atoms with van der Waals surface area (Å²) in [5.41, 5.74) is 1.84. The molecule has 0 saturated heterocycles. The number of aromatic amines is 1. The van der Waals surface area contributed by atoms with Gasteiger partial charge < -0.3 is 4.98 Å². The van der Waals surface area contributed by atoms with Crippen LogP contribution < -0.4 is 14.8 Å². The Morgan fingerprint density at radius 3 is 2.76 bits per heavy atom. The van der Waals surface area contributed by atoms with Gasteiger partial charge in [-0.1, -0.05) is 20.8 Å². The van der Waals surface area contributed by atoms with E-state index in [0.29, 0.717) is 9.20 Å². The van der Waals surface area contributed by atoms with Gasteiger partial charge >= 0.3 is 0 Å². The lowest BCUT2D eigenvalue weighted by Crippen LogP contribution is -2.22. The number of ketones is 1. The van der Waals surface area contributed by atoms with E-state index in [1.165, 1.54) is 17.4 Å². The molecule has 3 rings (SSSR count). The molecular formula is C18H20N4O2S. The summed E-state index contributed by atoms with van der Waals surface area (Å²) >= 11 is 1.26. The summed E-state index contributed by atoms with van der Waals surface area (Å²) in [6, 6.07) is 1.97. The molecule has 0 saturated carbocycles. The van der Waals surface area contributed by atoms with Crippen molar-refractivity contribution >= 4 is 40.3 Å². The van der Waals surface area contributed by atoms with E-state index in [0.717, 1.165) is 22.3 Å². The molecule has 0 unspecified atom stereocenters. The molecule has 0 radical (unpaired) electrons. The molecule has 0 aliphatic rings. The monoisotopic (exact) mass is 356 g/mol. The largest absolute Gasteiger partial charge is 0.313 e. The predicted octanol–water partition coefficient (Wildman–Crippen LogP) is 1.25. The van der Waals surface area contributed by atoms with Crippen LogP contribution >= 0.6 is 11.3 Å². The van der Waals surface area contributed by atoms with Crippen molar-refractivity contribution in [3.05, 3.63) is 43.1 Å². The molecule has 3 aromatic rings. The van der Waals surface area contributed by atoms with Crippen LogP contribution in [0.2, 0.25) is 0 Å². The van der Waals surface area contributed by atoms with Crippen LogP contribution in [0.3, 0.4) is 0 Å². The third-order valence-corrected chi connectivity index (χ3v) is 4.83. The summed E-state index contributed by atoms with van der Waals surface area (Å²) in [6.07, 6.45) is 4.99. The number of H-pyrrole nitrogens is 1. The molecule has 0 spiro atoms. The fourth-order valence-electron chi connectivity index (χ4n) is 2.41. The smallest absolute Gasteiger partial charge is 0.266 e. The molecule has 130 valence electrons. The molecule has 0 aliphatic carbocycles. The third-order valence-electron chi connectivity index (χ3n) is 3.86. The van der Waals surface area contributed by atoms with Crippen molar-refractivity contribution in [2.24, 2.45) is 12.5 Å². The highest BCUT2D eigenvalue weighted by Crippen LogP contribution is 2.17. The van der Waals surface area contributed by atoms with Crippen LogP contribution in [0.4, 0.5) is 0 Å². The van der Waals surface area contributed by atoms with Crippen molar-refractivity contribution < 1.29 is 4.79 Å². The van der Waals surface area contributed by atoms with Crippen molar-refractivity contribution in [3.8, 4) is 0 Å². The Morgan fingerprint density at radius 2 is 2.08 bits per heavy atom. The van der Waals surface area contributed by atoms with Crippen LogP contribution in [0.1, 0.15) is 32.0 Å². The van der Waals surface area contributed by atoms with Gasteiger partial charge in [0.15, 0.2) is 11.4 Å². The van der Waals surface area contributed by atoms with Crippen molar-refractivity contribution in [3.63, 3.8) is 0 Å². The maximum atomic E-state index is 12.2. The third kappa shape index (κ3) is 3.46. The number of aromatic nitrogens is 4. The first-order valence-corrected chi connectivity index (χ1v) is 8.73. The number of fused-ring (bicyclic) bond motifs is 1. The van der Waals surface area contributed by atoms with E-state index < -0.39 is 5.41 Å². The molecule has 0 fully saturated rings. The van der Waals surface area contributed by atoms with Crippen LogP contribution in [0.5, 0.6) is 0 Å². The average molecular weight is 356 g/mol. The van der Waals surface area contributed by atoms with Gasteiger partial charge in [0, 0.05) is 30.1 Å². The zero-order valence-electron chi connectivity index (χ0n) is 14.9. The highest BCUT2D eigenvalue weighted by atomic mass is 32.1. The van der Waals surface area contributed by atoms with Gasteiger partial charge in [0.05, 0.1) is 14.9 Å². The number of nitrogens with one attached hydrogen (secondary N) is 1. The maximum absolute atomic E-state index is 12.2. The summed E-state index contributed by atoms with van der Waals surface area (Å²) < 4.78 is 2.83. The Balaban J connectivity index is 2.08. The molecule has 3 heterocycles. The molecule has 3 aromatic heterocycles. The SMILES string of the molecule is Cc1nn(C)c2ncc(C=c3sc(=CC(=O)C(C)(C)C)[nH]c3=O)cc12. The zero-order valence-corrected chi connectivity index (χ0v) is 15.7. The van der Waals surface area contributed by atoms with E-state index >= 15 is 0 Å². The second-order valence-corrected chi connectivity index (χ2v) is 8.12. The van der Waals surface area contributed by atoms with Crippen LogP contribution in [0.15, 0.2) is 17.1 Å². The molecular weight excluding hydrogens is 336 g/mol. The minimum Gasteiger partial charge on any atom is -0.313 e. The zero-order chi connectivity index (χ0) is 18.4. The van der Waals surface area contributed by atoms with Gasteiger partial charge in [-0.3, -0.25) is 14.3 Å². The van der Waals surface area contributed by atoms with E-state index in [4.69, 9.17) is 0 Å². The van der Waals surface area contributed by atoms with Crippen molar-refractivity contribution in [1.29, 1.82) is 0 Å². The van der Waals surface area contributed by atoms with E-state index in [2.05, 4.69) is 15.1 Å². The van der Waals surface area contributed by atoms with Gasteiger partial charge in [-0.05, 0) is 24.6 Å². The van der Waals surface area contributed by atoms with Gasteiger partial charge in [0.1, 0.15) is 0 Å². The molecule has 25 heavy (non-hydrogen) atoms. The van der Waals surface area contributed by atoms with E-state index in [1.807, 2.05) is 40.8 Å². The minimum absolute atomic E-state index is 0.0226. The number of thiazole rings is 1. The normalized spacial score (nSPS) is 13.8. The maximum Gasteiger partial charge on any atom is 0.266 e. The summed E-state index contributed by atoms with van der Waals surface area (Å²) in [7, 11) is 1.85. The van der Waals surface area contributed by atoms with Gasteiger partial charge in [-0.15, -0.1) is 11.3 Å². The average Bonchev–Trinajstić information content (AvgIpc) is 2.99. The molecule has 0 amide bonds. The number of rotatable bonds is 2.